The van der Waals surface area contributed by atoms with Crippen LogP contribution in [0.1, 0.15) is 10.4 Å². The van der Waals surface area contributed by atoms with Crippen LogP contribution in [0.4, 0.5) is 5.82 Å². The van der Waals surface area contributed by atoms with E-state index in [0.29, 0.717) is 22.4 Å². The molecule has 0 radical (unpaired) electrons. The Morgan fingerprint density at radius 2 is 2.19 bits per heavy atom. The van der Waals surface area contributed by atoms with Crippen molar-refractivity contribution in [3.8, 4) is 5.75 Å². The summed E-state index contributed by atoms with van der Waals surface area (Å²) in [6, 6.07) is 6.05. The molecule has 3 aromatic rings. The number of hydrogen-bond donors (Lipinski definition) is 3. The monoisotopic (exact) mass is 284 g/mol. The molecule has 0 unspecified atom stereocenters. The standard InChI is InChI=1S/C13H12N6O2/c1-19-12-10(6-16-19)11(14-7-15-12)17-18-13(21)8-3-2-4-9(20)5-8/h2-7,20H,1H3,(H,18,21)(H,14,15,17). The molecule has 0 saturated heterocycles. The van der Waals surface area contributed by atoms with Gasteiger partial charge in [0.15, 0.2) is 11.5 Å². The van der Waals surface area contributed by atoms with Crippen molar-refractivity contribution in [1.82, 2.24) is 25.2 Å². The van der Waals surface area contributed by atoms with Crippen LogP contribution in [0.5, 0.6) is 5.75 Å². The summed E-state index contributed by atoms with van der Waals surface area (Å²) in [7, 11) is 1.77. The number of aromatic hydroxyl groups is 1. The second-order valence-corrected chi connectivity index (χ2v) is 4.36. The van der Waals surface area contributed by atoms with Crippen molar-refractivity contribution < 1.29 is 9.90 Å². The van der Waals surface area contributed by atoms with Gasteiger partial charge in [-0.05, 0) is 18.2 Å². The zero-order valence-electron chi connectivity index (χ0n) is 11.1. The van der Waals surface area contributed by atoms with E-state index in [1.807, 2.05) is 0 Å². The first-order valence-electron chi connectivity index (χ1n) is 6.13. The number of nitrogens with one attached hydrogen (secondary N) is 2. The third-order valence-electron chi connectivity index (χ3n) is 2.93. The first kappa shape index (κ1) is 12.9. The van der Waals surface area contributed by atoms with Crippen molar-refractivity contribution in [3.05, 3.63) is 42.4 Å². The molecular formula is C13H12N6O2. The molecule has 3 N–H and O–H groups in total. The predicted octanol–water partition coefficient (Wildman–Crippen LogP) is 0.826. The summed E-state index contributed by atoms with van der Waals surface area (Å²) in [4.78, 5) is 20.1. The van der Waals surface area contributed by atoms with E-state index < -0.39 is 0 Å². The van der Waals surface area contributed by atoms with Crippen molar-refractivity contribution in [2.24, 2.45) is 7.05 Å². The number of hydrazine groups is 1. The highest BCUT2D eigenvalue weighted by Crippen LogP contribution is 2.17. The van der Waals surface area contributed by atoms with Crippen molar-refractivity contribution in [2.75, 3.05) is 5.43 Å². The van der Waals surface area contributed by atoms with Gasteiger partial charge in [-0.15, -0.1) is 0 Å². The zero-order chi connectivity index (χ0) is 14.8. The summed E-state index contributed by atoms with van der Waals surface area (Å²) in [5.41, 5.74) is 6.23. The minimum absolute atomic E-state index is 0.0272. The van der Waals surface area contributed by atoms with E-state index in [2.05, 4.69) is 25.9 Å². The fraction of sp³-hybridized carbons (Fsp3) is 0.0769. The second-order valence-electron chi connectivity index (χ2n) is 4.36. The number of aromatic nitrogens is 4. The van der Waals surface area contributed by atoms with Gasteiger partial charge < -0.3 is 5.11 Å². The molecule has 8 nitrogen and oxygen atoms in total. The number of fused-ring (bicyclic) bond motifs is 1. The van der Waals surface area contributed by atoms with E-state index in [0.717, 1.165) is 0 Å². The Hall–Kier alpha value is -3.16. The Labute approximate surface area is 119 Å². The molecule has 0 aliphatic rings. The minimum Gasteiger partial charge on any atom is -0.508 e. The molecular weight excluding hydrogens is 272 g/mol. The fourth-order valence-corrected chi connectivity index (χ4v) is 1.90. The number of nitrogens with zero attached hydrogens (tertiary/aromatic N) is 4. The van der Waals surface area contributed by atoms with Crippen molar-refractivity contribution >= 4 is 22.8 Å². The first-order chi connectivity index (χ1) is 10.1. The molecule has 2 heterocycles. The van der Waals surface area contributed by atoms with Crippen molar-refractivity contribution in [1.29, 1.82) is 0 Å². The molecule has 0 bridgehead atoms. The highest BCUT2D eigenvalue weighted by Gasteiger charge is 2.10. The summed E-state index contributed by atoms with van der Waals surface area (Å²) in [5.74, 6) is 0.0856. The number of phenolic OH excluding ortho intramolecular Hbond substituents is 1. The van der Waals surface area contributed by atoms with Crippen molar-refractivity contribution in [2.45, 2.75) is 0 Å². The SMILES string of the molecule is Cn1ncc2c(NNC(=O)c3cccc(O)c3)ncnc21. The zero-order valence-corrected chi connectivity index (χ0v) is 11.1. The van der Waals surface area contributed by atoms with E-state index >= 15 is 0 Å². The minimum atomic E-state index is -0.387. The molecule has 1 aromatic carbocycles. The summed E-state index contributed by atoms with van der Waals surface area (Å²) in [5, 5.41) is 14.1. The van der Waals surface area contributed by atoms with Gasteiger partial charge in [-0.1, -0.05) is 6.07 Å². The lowest BCUT2D eigenvalue weighted by Gasteiger charge is -2.08. The predicted molar refractivity (Wildman–Crippen MR) is 75.5 cm³/mol. The Balaban J connectivity index is 1.79. The fourth-order valence-electron chi connectivity index (χ4n) is 1.90. The maximum Gasteiger partial charge on any atom is 0.269 e. The number of aryl methyl sites for hydroxylation is 1. The largest absolute Gasteiger partial charge is 0.508 e. The van der Waals surface area contributed by atoms with Crippen molar-refractivity contribution in [3.63, 3.8) is 0 Å². The van der Waals surface area contributed by atoms with E-state index in [4.69, 9.17) is 0 Å². The van der Waals surface area contributed by atoms with Gasteiger partial charge in [-0.2, -0.15) is 5.10 Å². The van der Waals surface area contributed by atoms with E-state index in [-0.39, 0.29) is 11.7 Å². The van der Waals surface area contributed by atoms with Gasteiger partial charge in [0.1, 0.15) is 12.1 Å². The summed E-state index contributed by atoms with van der Waals surface area (Å²) >= 11 is 0. The number of rotatable bonds is 3. The first-order valence-corrected chi connectivity index (χ1v) is 6.13. The number of amides is 1. The average molecular weight is 284 g/mol. The van der Waals surface area contributed by atoms with Crippen LogP contribution in [0, 0.1) is 0 Å². The molecule has 106 valence electrons. The van der Waals surface area contributed by atoms with Gasteiger partial charge in [0, 0.05) is 12.6 Å². The van der Waals surface area contributed by atoms with Gasteiger partial charge in [-0.25, -0.2) is 9.97 Å². The van der Waals surface area contributed by atoms with Gasteiger partial charge in [0.2, 0.25) is 0 Å². The molecule has 21 heavy (non-hydrogen) atoms. The molecule has 0 aliphatic carbocycles. The van der Waals surface area contributed by atoms with Crippen LogP contribution in [0.25, 0.3) is 11.0 Å². The number of anilines is 1. The number of benzene rings is 1. The second kappa shape index (κ2) is 5.08. The molecule has 0 spiro atoms. The quantitative estimate of drug-likeness (QED) is 0.615. The van der Waals surface area contributed by atoms with Crippen LogP contribution in [0.3, 0.4) is 0 Å². The maximum atomic E-state index is 12.0. The van der Waals surface area contributed by atoms with Crippen LogP contribution in [-0.2, 0) is 7.05 Å². The van der Waals surface area contributed by atoms with Gasteiger partial charge in [-0.3, -0.25) is 20.3 Å². The highest BCUT2D eigenvalue weighted by molar-refractivity contribution is 5.96. The van der Waals surface area contributed by atoms with Gasteiger partial charge in [0.05, 0.1) is 11.6 Å². The molecule has 2 aromatic heterocycles. The lowest BCUT2D eigenvalue weighted by molar-refractivity contribution is 0.0962. The van der Waals surface area contributed by atoms with Crippen LogP contribution < -0.4 is 10.9 Å². The Kier molecular flexibility index (Phi) is 3.11. The maximum absolute atomic E-state index is 12.0. The average Bonchev–Trinajstić information content (AvgIpc) is 2.87. The smallest absolute Gasteiger partial charge is 0.269 e. The van der Waals surface area contributed by atoms with Crippen LogP contribution in [0.2, 0.25) is 0 Å². The van der Waals surface area contributed by atoms with Gasteiger partial charge >= 0.3 is 0 Å². The molecule has 3 rings (SSSR count). The number of carbonyl (C=O) groups excluding carboxylic acids is 1. The normalized spacial score (nSPS) is 10.5. The Morgan fingerprint density at radius 1 is 1.33 bits per heavy atom. The lowest BCUT2D eigenvalue weighted by atomic mass is 10.2. The summed E-state index contributed by atoms with van der Waals surface area (Å²) in [6.07, 6.45) is 2.99. The third kappa shape index (κ3) is 2.46. The summed E-state index contributed by atoms with van der Waals surface area (Å²) in [6.45, 7) is 0. The van der Waals surface area contributed by atoms with E-state index in [1.54, 1.807) is 30.1 Å². The third-order valence-corrected chi connectivity index (χ3v) is 2.93. The molecule has 1 amide bonds. The Bertz CT molecular complexity index is 813. The number of hydrogen-bond acceptors (Lipinski definition) is 6. The van der Waals surface area contributed by atoms with E-state index in [1.165, 1.54) is 18.5 Å². The van der Waals surface area contributed by atoms with Gasteiger partial charge in [0.25, 0.3) is 5.91 Å². The molecule has 0 aliphatic heterocycles. The highest BCUT2D eigenvalue weighted by atomic mass is 16.3. The number of phenols is 1. The molecule has 8 heteroatoms. The van der Waals surface area contributed by atoms with E-state index in [9.17, 15) is 9.90 Å². The topological polar surface area (TPSA) is 105 Å². The lowest BCUT2D eigenvalue weighted by Crippen LogP contribution is -2.29. The molecule has 0 fully saturated rings. The summed E-state index contributed by atoms with van der Waals surface area (Å²) < 4.78 is 1.61. The van der Waals surface area contributed by atoms with Crippen LogP contribution in [0.15, 0.2) is 36.8 Å². The molecule has 0 saturated carbocycles. The Morgan fingerprint density at radius 3 is 3.00 bits per heavy atom. The molecule has 0 atom stereocenters. The number of carbonyl (C=O) groups is 1. The van der Waals surface area contributed by atoms with Crippen LogP contribution >= 0.6 is 0 Å². The van der Waals surface area contributed by atoms with Crippen LogP contribution in [-0.4, -0.2) is 30.8 Å².